The number of sulfonamides is 1. The second kappa shape index (κ2) is 6.20. The summed E-state index contributed by atoms with van der Waals surface area (Å²) in [5.74, 6) is -0.521. The van der Waals surface area contributed by atoms with Crippen LogP contribution in [-0.2, 0) is 15.8 Å². The molecule has 122 valence electrons. The standard InChI is InChI=1S/C17H19FN2O2S/c1-19-10-5-11-20(17-12-15(18)8-9-16(17)19)23(21,22)13-14-6-3-2-4-7-14/h2-4,6-9,12H,5,10-11,13H2,1H3. The molecule has 6 heteroatoms. The molecule has 0 atom stereocenters. The van der Waals surface area contributed by atoms with Gasteiger partial charge >= 0.3 is 0 Å². The zero-order valence-electron chi connectivity index (χ0n) is 12.9. The van der Waals surface area contributed by atoms with Crippen molar-refractivity contribution in [1.82, 2.24) is 0 Å². The van der Waals surface area contributed by atoms with Crippen molar-refractivity contribution in [3.8, 4) is 0 Å². The van der Waals surface area contributed by atoms with E-state index in [4.69, 9.17) is 0 Å². The highest BCUT2D eigenvalue weighted by Gasteiger charge is 2.28. The van der Waals surface area contributed by atoms with Crippen molar-refractivity contribution in [1.29, 1.82) is 0 Å². The van der Waals surface area contributed by atoms with E-state index in [1.165, 1.54) is 16.4 Å². The highest BCUT2D eigenvalue weighted by atomic mass is 32.2. The first-order valence-electron chi connectivity index (χ1n) is 7.52. The maximum absolute atomic E-state index is 13.7. The molecule has 0 fully saturated rings. The van der Waals surface area contributed by atoms with Crippen LogP contribution in [-0.4, -0.2) is 28.6 Å². The SMILES string of the molecule is CN1CCCN(S(=O)(=O)Cc2ccccc2)c2cc(F)ccc21. The number of anilines is 2. The van der Waals surface area contributed by atoms with Gasteiger partial charge in [-0.05, 0) is 24.1 Å². The van der Waals surface area contributed by atoms with E-state index in [2.05, 4.69) is 0 Å². The summed E-state index contributed by atoms with van der Waals surface area (Å²) in [5.41, 5.74) is 1.88. The Hall–Kier alpha value is -2.08. The Morgan fingerprint density at radius 1 is 1.04 bits per heavy atom. The second-order valence-electron chi connectivity index (χ2n) is 5.72. The Balaban J connectivity index is 2.01. The number of rotatable bonds is 3. The number of hydrogen-bond acceptors (Lipinski definition) is 3. The maximum atomic E-state index is 13.7. The van der Waals surface area contributed by atoms with Gasteiger partial charge < -0.3 is 4.90 Å². The lowest BCUT2D eigenvalue weighted by Gasteiger charge is -2.25. The van der Waals surface area contributed by atoms with Crippen molar-refractivity contribution in [2.75, 3.05) is 29.3 Å². The van der Waals surface area contributed by atoms with Crippen LogP contribution in [0.15, 0.2) is 48.5 Å². The fraction of sp³-hybridized carbons (Fsp3) is 0.294. The molecule has 4 nitrogen and oxygen atoms in total. The van der Waals surface area contributed by atoms with Gasteiger partial charge in [0.15, 0.2) is 0 Å². The molecule has 0 saturated heterocycles. The van der Waals surface area contributed by atoms with E-state index >= 15 is 0 Å². The molecule has 0 radical (unpaired) electrons. The van der Waals surface area contributed by atoms with E-state index in [0.29, 0.717) is 18.7 Å². The van der Waals surface area contributed by atoms with E-state index in [1.807, 2.05) is 30.1 Å². The Bertz CT molecular complexity index is 793. The first-order valence-corrected chi connectivity index (χ1v) is 9.13. The summed E-state index contributed by atoms with van der Waals surface area (Å²) in [6, 6.07) is 13.4. The topological polar surface area (TPSA) is 40.6 Å². The molecule has 1 heterocycles. The second-order valence-corrected chi connectivity index (χ2v) is 7.62. The molecule has 0 aliphatic carbocycles. The van der Waals surface area contributed by atoms with Crippen molar-refractivity contribution in [2.45, 2.75) is 12.2 Å². The molecule has 0 unspecified atom stereocenters. The van der Waals surface area contributed by atoms with E-state index in [0.717, 1.165) is 17.8 Å². The average molecular weight is 334 g/mol. The lowest BCUT2D eigenvalue weighted by atomic mass is 10.2. The molecule has 0 saturated carbocycles. The molecule has 0 aromatic heterocycles. The minimum Gasteiger partial charge on any atom is -0.373 e. The summed E-state index contributed by atoms with van der Waals surface area (Å²) >= 11 is 0. The van der Waals surface area contributed by atoms with Gasteiger partial charge in [0, 0.05) is 26.2 Å². The zero-order chi connectivity index (χ0) is 16.4. The van der Waals surface area contributed by atoms with E-state index in [9.17, 15) is 12.8 Å². The molecular formula is C17H19FN2O2S. The summed E-state index contributed by atoms with van der Waals surface area (Å²) in [7, 11) is -1.68. The van der Waals surface area contributed by atoms with Crippen molar-refractivity contribution >= 4 is 21.4 Å². The molecule has 3 rings (SSSR count). The Kier molecular flexibility index (Phi) is 4.26. The Morgan fingerprint density at radius 3 is 2.52 bits per heavy atom. The molecule has 1 aliphatic rings. The first kappa shape index (κ1) is 15.8. The normalized spacial score (nSPS) is 15.2. The third kappa shape index (κ3) is 3.32. The third-order valence-corrected chi connectivity index (χ3v) is 5.75. The van der Waals surface area contributed by atoms with Gasteiger partial charge in [0.25, 0.3) is 0 Å². The molecule has 0 N–H and O–H groups in total. The van der Waals surface area contributed by atoms with Crippen LogP contribution in [0.1, 0.15) is 12.0 Å². The molecule has 0 spiro atoms. The van der Waals surface area contributed by atoms with Gasteiger partial charge in [-0.2, -0.15) is 0 Å². The Morgan fingerprint density at radius 2 is 1.78 bits per heavy atom. The predicted molar refractivity (Wildman–Crippen MR) is 90.7 cm³/mol. The fourth-order valence-electron chi connectivity index (χ4n) is 2.86. The van der Waals surface area contributed by atoms with Crippen LogP contribution >= 0.6 is 0 Å². The quantitative estimate of drug-likeness (QED) is 0.866. The minimum atomic E-state index is -3.57. The molecular weight excluding hydrogens is 315 g/mol. The van der Waals surface area contributed by atoms with Crippen LogP contribution < -0.4 is 9.21 Å². The van der Waals surface area contributed by atoms with Crippen LogP contribution in [0.2, 0.25) is 0 Å². The van der Waals surface area contributed by atoms with Gasteiger partial charge in [-0.1, -0.05) is 30.3 Å². The van der Waals surface area contributed by atoms with Crippen molar-refractivity contribution in [3.63, 3.8) is 0 Å². The third-order valence-electron chi connectivity index (χ3n) is 4.00. The number of fused-ring (bicyclic) bond motifs is 1. The summed E-state index contributed by atoms with van der Waals surface area (Å²) in [6.07, 6.45) is 0.695. The number of benzene rings is 2. The van der Waals surface area contributed by atoms with Crippen molar-refractivity contribution in [3.05, 3.63) is 59.9 Å². The molecule has 2 aromatic rings. The van der Waals surface area contributed by atoms with Gasteiger partial charge in [0.1, 0.15) is 5.82 Å². The van der Waals surface area contributed by atoms with E-state index in [-0.39, 0.29) is 5.75 Å². The van der Waals surface area contributed by atoms with Crippen molar-refractivity contribution < 1.29 is 12.8 Å². The van der Waals surface area contributed by atoms with Crippen LogP contribution in [0, 0.1) is 5.82 Å². The van der Waals surface area contributed by atoms with E-state index < -0.39 is 15.8 Å². The smallest absolute Gasteiger partial charge is 0.239 e. The average Bonchev–Trinajstić information content (AvgIpc) is 2.67. The van der Waals surface area contributed by atoms with Crippen LogP contribution in [0.25, 0.3) is 0 Å². The van der Waals surface area contributed by atoms with Gasteiger partial charge in [0.05, 0.1) is 17.1 Å². The van der Waals surface area contributed by atoms with Gasteiger partial charge in [0.2, 0.25) is 10.0 Å². The van der Waals surface area contributed by atoms with E-state index in [1.54, 1.807) is 18.2 Å². The van der Waals surface area contributed by atoms with Gasteiger partial charge in [-0.3, -0.25) is 4.31 Å². The summed E-state index contributed by atoms with van der Waals surface area (Å²) in [5, 5.41) is 0. The fourth-order valence-corrected chi connectivity index (χ4v) is 4.49. The largest absolute Gasteiger partial charge is 0.373 e. The summed E-state index contributed by atoms with van der Waals surface area (Å²) in [6.45, 7) is 1.09. The molecule has 2 aromatic carbocycles. The minimum absolute atomic E-state index is 0.0898. The highest BCUT2D eigenvalue weighted by molar-refractivity contribution is 7.92. The molecule has 0 amide bonds. The number of halogens is 1. The maximum Gasteiger partial charge on any atom is 0.239 e. The lowest BCUT2D eigenvalue weighted by Crippen LogP contribution is -2.32. The summed E-state index contributed by atoms with van der Waals surface area (Å²) < 4.78 is 40.8. The molecule has 1 aliphatic heterocycles. The van der Waals surface area contributed by atoms with Crippen LogP contribution in [0.3, 0.4) is 0 Å². The van der Waals surface area contributed by atoms with Crippen LogP contribution in [0.5, 0.6) is 0 Å². The number of nitrogens with zero attached hydrogens (tertiary/aromatic N) is 2. The monoisotopic (exact) mass is 334 g/mol. The van der Waals surface area contributed by atoms with Crippen LogP contribution in [0.4, 0.5) is 15.8 Å². The molecule has 0 bridgehead atoms. The molecule has 23 heavy (non-hydrogen) atoms. The van der Waals surface area contributed by atoms with Gasteiger partial charge in [-0.15, -0.1) is 0 Å². The first-order chi connectivity index (χ1) is 11.0. The predicted octanol–water partition coefficient (Wildman–Crippen LogP) is 3.00. The van der Waals surface area contributed by atoms with Crippen molar-refractivity contribution in [2.24, 2.45) is 0 Å². The summed E-state index contributed by atoms with van der Waals surface area (Å²) in [4.78, 5) is 1.97. The van der Waals surface area contributed by atoms with Gasteiger partial charge in [-0.25, -0.2) is 12.8 Å². The number of hydrogen-bond donors (Lipinski definition) is 0. The lowest BCUT2D eigenvalue weighted by molar-refractivity contribution is 0.589. The Labute approximate surface area is 136 Å². The highest BCUT2D eigenvalue weighted by Crippen LogP contribution is 2.34. The zero-order valence-corrected chi connectivity index (χ0v) is 13.8.